The number of morpholine rings is 1. The SMILES string of the molecule is CC1(C)COCCN1C1(CN)CCCCCC1. The Hall–Kier alpha value is -0.120. The van der Waals surface area contributed by atoms with Gasteiger partial charge in [-0.3, -0.25) is 4.90 Å². The van der Waals surface area contributed by atoms with Crippen molar-refractivity contribution in [2.45, 2.75) is 63.5 Å². The fourth-order valence-corrected chi connectivity index (χ4v) is 3.71. The maximum atomic E-state index is 6.18. The van der Waals surface area contributed by atoms with Gasteiger partial charge in [-0.1, -0.05) is 25.7 Å². The van der Waals surface area contributed by atoms with E-state index in [1.165, 1.54) is 38.5 Å². The molecule has 1 aliphatic heterocycles. The second-order valence-electron chi connectivity index (χ2n) is 6.36. The Labute approximate surface area is 106 Å². The summed E-state index contributed by atoms with van der Waals surface area (Å²) in [6.45, 7) is 8.16. The molecular formula is C14H28N2O. The number of ether oxygens (including phenoxy) is 1. The zero-order valence-corrected chi connectivity index (χ0v) is 11.5. The highest BCUT2D eigenvalue weighted by atomic mass is 16.5. The molecule has 0 amide bonds. The van der Waals surface area contributed by atoms with Crippen LogP contribution in [0.2, 0.25) is 0 Å². The maximum absolute atomic E-state index is 6.18. The molecule has 17 heavy (non-hydrogen) atoms. The van der Waals surface area contributed by atoms with Gasteiger partial charge in [0.2, 0.25) is 0 Å². The molecule has 1 aliphatic carbocycles. The summed E-state index contributed by atoms with van der Waals surface area (Å²) in [5, 5.41) is 0. The van der Waals surface area contributed by atoms with E-state index in [4.69, 9.17) is 10.5 Å². The van der Waals surface area contributed by atoms with E-state index in [0.717, 1.165) is 26.3 Å². The molecule has 0 radical (unpaired) electrons. The number of nitrogens with two attached hydrogens (primary N) is 1. The Kier molecular flexibility index (Phi) is 4.11. The van der Waals surface area contributed by atoms with Crippen LogP contribution in [0.25, 0.3) is 0 Å². The molecule has 0 atom stereocenters. The molecule has 0 unspecified atom stereocenters. The zero-order valence-electron chi connectivity index (χ0n) is 11.5. The topological polar surface area (TPSA) is 38.5 Å². The van der Waals surface area contributed by atoms with Crippen LogP contribution in [0.4, 0.5) is 0 Å². The lowest BCUT2D eigenvalue weighted by Crippen LogP contribution is -2.65. The van der Waals surface area contributed by atoms with Gasteiger partial charge in [-0.15, -0.1) is 0 Å². The molecule has 2 fully saturated rings. The normalized spacial score (nSPS) is 29.8. The zero-order chi connectivity index (χ0) is 12.4. The molecule has 3 nitrogen and oxygen atoms in total. The van der Waals surface area contributed by atoms with Crippen LogP contribution in [-0.4, -0.2) is 42.3 Å². The molecule has 0 spiro atoms. The first-order chi connectivity index (χ1) is 8.11. The molecule has 1 heterocycles. The van der Waals surface area contributed by atoms with Gasteiger partial charge >= 0.3 is 0 Å². The first kappa shape index (κ1) is 13.3. The van der Waals surface area contributed by atoms with Gasteiger partial charge in [-0.2, -0.15) is 0 Å². The van der Waals surface area contributed by atoms with Gasteiger partial charge < -0.3 is 10.5 Å². The summed E-state index contributed by atoms with van der Waals surface area (Å²) in [5.41, 5.74) is 6.56. The third-order valence-electron chi connectivity index (χ3n) is 4.63. The maximum Gasteiger partial charge on any atom is 0.0645 e. The fraction of sp³-hybridized carbons (Fsp3) is 1.00. The standard InChI is InChI=1S/C14H28N2O/c1-13(2)12-17-10-9-16(13)14(11-15)7-5-3-4-6-8-14/h3-12,15H2,1-2H3. The lowest BCUT2D eigenvalue weighted by atomic mass is 9.83. The predicted octanol–water partition coefficient (Wildman–Crippen LogP) is 2.15. The van der Waals surface area contributed by atoms with Crippen LogP contribution < -0.4 is 5.73 Å². The first-order valence-corrected chi connectivity index (χ1v) is 7.16. The summed E-state index contributed by atoms with van der Waals surface area (Å²) < 4.78 is 5.64. The summed E-state index contributed by atoms with van der Waals surface area (Å²) >= 11 is 0. The van der Waals surface area contributed by atoms with Crippen LogP contribution in [0.1, 0.15) is 52.4 Å². The molecule has 2 N–H and O–H groups in total. The Balaban J connectivity index is 2.19. The van der Waals surface area contributed by atoms with Crippen molar-refractivity contribution in [1.82, 2.24) is 4.90 Å². The Morgan fingerprint density at radius 3 is 2.29 bits per heavy atom. The van der Waals surface area contributed by atoms with Gasteiger partial charge in [0.15, 0.2) is 0 Å². The lowest BCUT2D eigenvalue weighted by molar-refractivity contribution is -0.108. The molecule has 0 aromatic rings. The highest BCUT2D eigenvalue weighted by molar-refractivity contribution is 5.00. The summed E-state index contributed by atoms with van der Waals surface area (Å²) in [4.78, 5) is 2.66. The third-order valence-corrected chi connectivity index (χ3v) is 4.63. The summed E-state index contributed by atoms with van der Waals surface area (Å²) in [6, 6.07) is 0. The average molecular weight is 240 g/mol. The molecule has 2 rings (SSSR count). The van der Waals surface area contributed by atoms with Crippen molar-refractivity contribution in [2.24, 2.45) is 5.73 Å². The van der Waals surface area contributed by atoms with E-state index >= 15 is 0 Å². The molecule has 0 aromatic carbocycles. The van der Waals surface area contributed by atoms with Gasteiger partial charge in [-0.05, 0) is 26.7 Å². The molecule has 0 aromatic heterocycles. The van der Waals surface area contributed by atoms with Crippen LogP contribution in [-0.2, 0) is 4.74 Å². The number of rotatable bonds is 2. The van der Waals surface area contributed by atoms with Crippen molar-refractivity contribution in [1.29, 1.82) is 0 Å². The van der Waals surface area contributed by atoms with Crippen molar-refractivity contribution >= 4 is 0 Å². The second kappa shape index (κ2) is 5.25. The predicted molar refractivity (Wildman–Crippen MR) is 71.1 cm³/mol. The molecule has 1 saturated heterocycles. The minimum Gasteiger partial charge on any atom is -0.378 e. The van der Waals surface area contributed by atoms with E-state index in [9.17, 15) is 0 Å². The minimum absolute atomic E-state index is 0.141. The highest BCUT2D eigenvalue weighted by Gasteiger charge is 2.44. The summed E-state index contributed by atoms with van der Waals surface area (Å²) in [7, 11) is 0. The van der Waals surface area contributed by atoms with Crippen LogP contribution in [0.5, 0.6) is 0 Å². The number of nitrogens with zero attached hydrogens (tertiary/aromatic N) is 1. The van der Waals surface area contributed by atoms with E-state index < -0.39 is 0 Å². The number of hydrogen-bond donors (Lipinski definition) is 1. The van der Waals surface area contributed by atoms with E-state index in [1.807, 2.05) is 0 Å². The van der Waals surface area contributed by atoms with Gasteiger partial charge in [-0.25, -0.2) is 0 Å². The van der Waals surface area contributed by atoms with Crippen molar-refractivity contribution < 1.29 is 4.74 Å². The van der Waals surface area contributed by atoms with E-state index in [2.05, 4.69) is 18.7 Å². The molecule has 3 heteroatoms. The van der Waals surface area contributed by atoms with Crippen molar-refractivity contribution in [3.8, 4) is 0 Å². The van der Waals surface area contributed by atoms with E-state index in [0.29, 0.717) is 0 Å². The van der Waals surface area contributed by atoms with Gasteiger partial charge in [0, 0.05) is 24.2 Å². The fourth-order valence-electron chi connectivity index (χ4n) is 3.71. The molecule has 2 aliphatic rings. The van der Waals surface area contributed by atoms with Gasteiger partial charge in [0.25, 0.3) is 0 Å². The smallest absolute Gasteiger partial charge is 0.0645 e. The summed E-state index contributed by atoms with van der Waals surface area (Å²) in [6.07, 6.45) is 7.98. The van der Waals surface area contributed by atoms with Gasteiger partial charge in [0.1, 0.15) is 0 Å². The highest BCUT2D eigenvalue weighted by Crippen LogP contribution is 2.37. The number of hydrogen-bond acceptors (Lipinski definition) is 3. The summed E-state index contributed by atoms with van der Waals surface area (Å²) in [5.74, 6) is 0. The third kappa shape index (κ3) is 2.67. The van der Waals surface area contributed by atoms with E-state index in [-0.39, 0.29) is 11.1 Å². The van der Waals surface area contributed by atoms with Crippen molar-refractivity contribution in [3.05, 3.63) is 0 Å². The van der Waals surface area contributed by atoms with Crippen molar-refractivity contribution in [3.63, 3.8) is 0 Å². The second-order valence-corrected chi connectivity index (χ2v) is 6.36. The Morgan fingerprint density at radius 2 is 1.76 bits per heavy atom. The average Bonchev–Trinajstić information content (AvgIpc) is 2.54. The van der Waals surface area contributed by atoms with Crippen LogP contribution in [0.3, 0.4) is 0 Å². The molecule has 0 bridgehead atoms. The van der Waals surface area contributed by atoms with Gasteiger partial charge in [0.05, 0.1) is 13.2 Å². The molecule has 1 saturated carbocycles. The molecular weight excluding hydrogens is 212 g/mol. The first-order valence-electron chi connectivity index (χ1n) is 7.16. The largest absolute Gasteiger partial charge is 0.378 e. The van der Waals surface area contributed by atoms with Crippen LogP contribution >= 0.6 is 0 Å². The minimum atomic E-state index is 0.141. The quantitative estimate of drug-likeness (QED) is 0.752. The van der Waals surface area contributed by atoms with Crippen molar-refractivity contribution in [2.75, 3.05) is 26.3 Å². The van der Waals surface area contributed by atoms with Crippen LogP contribution in [0, 0.1) is 0 Å². The van der Waals surface area contributed by atoms with Crippen LogP contribution in [0.15, 0.2) is 0 Å². The Morgan fingerprint density at radius 1 is 1.12 bits per heavy atom. The molecule has 100 valence electrons. The monoisotopic (exact) mass is 240 g/mol. The lowest BCUT2D eigenvalue weighted by Gasteiger charge is -2.53. The Bertz CT molecular complexity index is 245. The van der Waals surface area contributed by atoms with E-state index in [1.54, 1.807) is 0 Å².